The van der Waals surface area contributed by atoms with Crippen molar-refractivity contribution >= 4 is 11.9 Å². The third-order valence-corrected chi connectivity index (χ3v) is 10.4. The Kier molecular flexibility index (Phi) is 38.9. The number of hydrogen-bond donors (Lipinski definition) is 1. The molecule has 314 valence electrons. The molecule has 7 heteroatoms. The van der Waals surface area contributed by atoms with Crippen LogP contribution in [0.15, 0.2) is 12.3 Å². The van der Waals surface area contributed by atoms with Crippen LogP contribution in [0.25, 0.3) is 0 Å². The van der Waals surface area contributed by atoms with Gasteiger partial charge in [-0.2, -0.15) is 0 Å². The van der Waals surface area contributed by atoms with Gasteiger partial charge in [-0.05, 0) is 90.6 Å². The summed E-state index contributed by atoms with van der Waals surface area (Å²) in [4.78, 5) is 25.9. The molecule has 0 saturated carbocycles. The normalized spacial score (nSPS) is 12.1. The molecule has 0 aromatic carbocycles. The molecule has 0 aliphatic rings. The van der Waals surface area contributed by atoms with Crippen molar-refractivity contribution in [1.82, 2.24) is 4.90 Å². The lowest BCUT2D eigenvalue weighted by molar-refractivity contribution is -0.150. The van der Waals surface area contributed by atoms with Gasteiger partial charge in [-0.25, -0.2) is 0 Å². The zero-order chi connectivity index (χ0) is 39.0. The number of nitrogens with zero attached hydrogens (tertiary/aromatic N) is 1. The Balaban J connectivity index is 4.01. The molecule has 0 amide bonds. The molecule has 0 radical (unpaired) electrons. The molecule has 1 N–H and O–H groups in total. The minimum Gasteiger partial charge on any atom is -0.496 e. The Labute approximate surface area is 329 Å². The van der Waals surface area contributed by atoms with Gasteiger partial charge in [0.05, 0.1) is 25.1 Å². The number of ether oxygens (including phenoxy) is 3. The van der Waals surface area contributed by atoms with Crippen LogP contribution < -0.4 is 0 Å². The summed E-state index contributed by atoms with van der Waals surface area (Å²) in [6.45, 7) is 15.8. The molecular formula is C46H89NO6. The van der Waals surface area contributed by atoms with Gasteiger partial charge in [0.1, 0.15) is 6.10 Å². The SMILES string of the molecule is C=C(CCCCCN(CCO)CCCCCCCC(=O)OC(CCCCCCCC)CCCCCCCC)OC(C)CCCCCCCCOC(C)=O. The fraction of sp³-hybridized carbons (Fsp3) is 0.913. The molecule has 53 heavy (non-hydrogen) atoms. The standard InChI is InChI=1S/C46H89NO6/c1-6-8-10-12-18-26-34-45(35-27-19-13-11-9-7-2)53-46(50)36-28-20-16-21-29-37-47(39-40-48)38-30-23-25-33-43(4)52-42(3)32-24-17-14-15-22-31-41-51-44(5)49/h42,45,48H,4,6-41H2,1-3,5H3. The van der Waals surface area contributed by atoms with E-state index >= 15 is 0 Å². The molecular weight excluding hydrogens is 663 g/mol. The van der Waals surface area contributed by atoms with Gasteiger partial charge < -0.3 is 24.2 Å². The van der Waals surface area contributed by atoms with Crippen LogP contribution in [0.5, 0.6) is 0 Å². The number of esters is 2. The highest BCUT2D eigenvalue weighted by Gasteiger charge is 2.14. The fourth-order valence-electron chi connectivity index (χ4n) is 7.12. The summed E-state index contributed by atoms with van der Waals surface area (Å²) in [6, 6.07) is 0. The summed E-state index contributed by atoms with van der Waals surface area (Å²) >= 11 is 0. The van der Waals surface area contributed by atoms with E-state index in [-0.39, 0.29) is 30.8 Å². The molecule has 0 aliphatic heterocycles. The van der Waals surface area contributed by atoms with Gasteiger partial charge in [0.2, 0.25) is 0 Å². The number of carbonyl (C=O) groups excluding carboxylic acids is 2. The van der Waals surface area contributed by atoms with Crippen molar-refractivity contribution in [2.45, 2.75) is 239 Å². The molecule has 0 aromatic heterocycles. The average molecular weight is 752 g/mol. The van der Waals surface area contributed by atoms with Crippen LogP contribution in [0.3, 0.4) is 0 Å². The van der Waals surface area contributed by atoms with E-state index in [0.717, 1.165) is 109 Å². The first-order valence-corrected chi connectivity index (χ1v) is 22.8. The van der Waals surface area contributed by atoms with Crippen LogP contribution in [0.4, 0.5) is 0 Å². The second-order valence-corrected chi connectivity index (χ2v) is 15.8. The quantitative estimate of drug-likeness (QED) is 0.0377. The van der Waals surface area contributed by atoms with E-state index in [1.54, 1.807) is 0 Å². The Hall–Kier alpha value is -1.60. The molecule has 0 aliphatic carbocycles. The Morgan fingerprint density at radius 1 is 0.566 bits per heavy atom. The molecule has 1 unspecified atom stereocenters. The molecule has 0 bridgehead atoms. The van der Waals surface area contributed by atoms with Crippen molar-refractivity contribution in [3.05, 3.63) is 12.3 Å². The lowest BCUT2D eigenvalue weighted by atomic mass is 10.0. The third-order valence-electron chi connectivity index (χ3n) is 10.4. The molecule has 0 rings (SSSR count). The minimum absolute atomic E-state index is 0.0130. The van der Waals surface area contributed by atoms with Crippen molar-refractivity contribution < 1.29 is 28.9 Å². The van der Waals surface area contributed by atoms with E-state index in [2.05, 4.69) is 32.3 Å². The van der Waals surface area contributed by atoms with Gasteiger partial charge in [-0.1, -0.05) is 136 Å². The summed E-state index contributed by atoms with van der Waals surface area (Å²) in [5, 5.41) is 9.59. The van der Waals surface area contributed by atoms with Gasteiger partial charge in [0.15, 0.2) is 0 Å². The van der Waals surface area contributed by atoms with Crippen molar-refractivity contribution in [3.63, 3.8) is 0 Å². The maximum absolute atomic E-state index is 12.7. The second-order valence-electron chi connectivity index (χ2n) is 15.8. The van der Waals surface area contributed by atoms with Crippen LogP contribution in [0.2, 0.25) is 0 Å². The summed E-state index contributed by atoms with van der Waals surface area (Å²) in [6.07, 6.45) is 36.0. The first kappa shape index (κ1) is 51.4. The van der Waals surface area contributed by atoms with E-state index in [9.17, 15) is 14.7 Å². The van der Waals surface area contributed by atoms with Gasteiger partial charge >= 0.3 is 11.9 Å². The van der Waals surface area contributed by atoms with E-state index in [4.69, 9.17) is 14.2 Å². The molecule has 0 fully saturated rings. The summed E-state index contributed by atoms with van der Waals surface area (Å²) in [7, 11) is 0. The smallest absolute Gasteiger partial charge is 0.306 e. The van der Waals surface area contributed by atoms with Gasteiger partial charge in [0.25, 0.3) is 0 Å². The Morgan fingerprint density at radius 3 is 1.57 bits per heavy atom. The van der Waals surface area contributed by atoms with Crippen LogP contribution >= 0.6 is 0 Å². The largest absolute Gasteiger partial charge is 0.496 e. The van der Waals surface area contributed by atoms with Gasteiger partial charge in [0, 0.05) is 26.3 Å². The zero-order valence-corrected chi connectivity index (χ0v) is 35.8. The van der Waals surface area contributed by atoms with Crippen LogP contribution in [-0.4, -0.2) is 67.0 Å². The first-order valence-electron chi connectivity index (χ1n) is 22.8. The van der Waals surface area contributed by atoms with Crippen molar-refractivity contribution in [2.24, 2.45) is 0 Å². The van der Waals surface area contributed by atoms with Gasteiger partial charge in [-0.15, -0.1) is 0 Å². The molecule has 7 nitrogen and oxygen atoms in total. The van der Waals surface area contributed by atoms with E-state index in [0.29, 0.717) is 13.0 Å². The monoisotopic (exact) mass is 752 g/mol. The van der Waals surface area contributed by atoms with Crippen LogP contribution in [0, 0.1) is 0 Å². The highest BCUT2D eigenvalue weighted by Crippen LogP contribution is 2.19. The highest BCUT2D eigenvalue weighted by molar-refractivity contribution is 5.69. The highest BCUT2D eigenvalue weighted by atomic mass is 16.5. The number of carbonyl (C=O) groups is 2. The van der Waals surface area contributed by atoms with Crippen molar-refractivity contribution in [3.8, 4) is 0 Å². The fourth-order valence-corrected chi connectivity index (χ4v) is 7.12. The summed E-state index contributed by atoms with van der Waals surface area (Å²) in [5.41, 5.74) is 0. The van der Waals surface area contributed by atoms with Gasteiger partial charge in [-0.3, -0.25) is 9.59 Å². The number of allylic oxidation sites excluding steroid dienone is 1. The number of aliphatic hydroxyl groups is 1. The van der Waals surface area contributed by atoms with Crippen LogP contribution in [0.1, 0.15) is 227 Å². The number of rotatable bonds is 42. The van der Waals surface area contributed by atoms with Crippen molar-refractivity contribution in [2.75, 3.05) is 32.8 Å². The Morgan fingerprint density at radius 2 is 1.02 bits per heavy atom. The minimum atomic E-state index is -0.188. The molecule has 0 saturated heterocycles. The third kappa shape index (κ3) is 38.5. The zero-order valence-electron chi connectivity index (χ0n) is 35.8. The average Bonchev–Trinajstić information content (AvgIpc) is 3.12. The molecule has 0 spiro atoms. The maximum Gasteiger partial charge on any atom is 0.306 e. The topological polar surface area (TPSA) is 85.3 Å². The number of unbranched alkanes of at least 4 members (excludes halogenated alkanes) is 21. The summed E-state index contributed by atoms with van der Waals surface area (Å²) < 4.78 is 17.1. The number of aliphatic hydroxyl groups excluding tert-OH is 1. The second kappa shape index (κ2) is 40.1. The van der Waals surface area contributed by atoms with Crippen molar-refractivity contribution in [1.29, 1.82) is 0 Å². The lowest BCUT2D eigenvalue weighted by Gasteiger charge is -2.21. The Bertz CT molecular complexity index is 804. The lowest BCUT2D eigenvalue weighted by Crippen LogP contribution is -2.29. The van der Waals surface area contributed by atoms with E-state index in [1.807, 2.05) is 0 Å². The van der Waals surface area contributed by atoms with E-state index in [1.165, 1.54) is 116 Å². The maximum atomic E-state index is 12.7. The molecule has 1 atom stereocenters. The van der Waals surface area contributed by atoms with E-state index < -0.39 is 0 Å². The molecule has 0 aromatic rings. The van der Waals surface area contributed by atoms with Crippen LogP contribution in [-0.2, 0) is 23.8 Å². The molecule has 0 heterocycles. The predicted octanol–water partition coefficient (Wildman–Crippen LogP) is 12.8. The number of hydrogen-bond acceptors (Lipinski definition) is 7. The summed E-state index contributed by atoms with van der Waals surface area (Å²) in [5.74, 6) is 0.732. The predicted molar refractivity (Wildman–Crippen MR) is 224 cm³/mol. The first-order chi connectivity index (χ1) is 25.8.